The fourth-order valence-corrected chi connectivity index (χ4v) is 3.18. The number of carbonyl (C=O) groups excluding carboxylic acids is 1. The second-order valence-electron chi connectivity index (χ2n) is 4.99. The molecular formula is C17H14BrClN2O. The van der Waals surface area contributed by atoms with Gasteiger partial charge in [0.1, 0.15) is 0 Å². The number of H-pyrrole nitrogens is 1. The van der Waals surface area contributed by atoms with E-state index in [0.717, 1.165) is 16.4 Å². The van der Waals surface area contributed by atoms with Gasteiger partial charge in [-0.15, -0.1) is 0 Å². The number of amides is 1. The molecule has 3 rings (SSSR count). The number of benzene rings is 2. The van der Waals surface area contributed by atoms with Gasteiger partial charge < -0.3 is 10.3 Å². The van der Waals surface area contributed by atoms with Crippen molar-refractivity contribution < 1.29 is 4.79 Å². The number of aromatic amines is 1. The highest BCUT2D eigenvalue weighted by atomic mass is 79.9. The lowest BCUT2D eigenvalue weighted by Gasteiger charge is -2.07. The zero-order chi connectivity index (χ0) is 15.5. The Labute approximate surface area is 141 Å². The minimum absolute atomic E-state index is 0.155. The number of nitrogens with one attached hydrogen (secondary N) is 2. The maximum atomic E-state index is 12.2. The molecule has 2 N–H and O–H groups in total. The van der Waals surface area contributed by atoms with Gasteiger partial charge in [-0.25, -0.2) is 0 Å². The molecule has 1 amide bonds. The average molecular weight is 378 g/mol. The van der Waals surface area contributed by atoms with Gasteiger partial charge in [-0.1, -0.05) is 45.7 Å². The molecule has 0 radical (unpaired) electrons. The van der Waals surface area contributed by atoms with Crippen LogP contribution in [0.5, 0.6) is 0 Å². The Morgan fingerprint density at radius 1 is 1.23 bits per heavy atom. The minimum Gasteiger partial charge on any atom is -0.361 e. The highest BCUT2D eigenvalue weighted by molar-refractivity contribution is 9.10. The Morgan fingerprint density at radius 2 is 2.05 bits per heavy atom. The SMILES string of the molecule is O=C(NCCc1c[nH]c2ccccc12)c1ccc(Br)cc1Cl. The molecule has 0 aliphatic carbocycles. The van der Waals surface area contributed by atoms with E-state index in [1.165, 1.54) is 10.9 Å². The first-order valence-corrected chi connectivity index (χ1v) is 8.10. The average Bonchev–Trinajstić information content (AvgIpc) is 2.90. The van der Waals surface area contributed by atoms with Gasteiger partial charge in [-0.05, 0) is 36.2 Å². The zero-order valence-corrected chi connectivity index (χ0v) is 14.0. The summed E-state index contributed by atoms with van der Waals surface area (Å²) in [4.78, 5) is 15.4. The largest absolute Gasteiger partial charge is 0.361 e. The van der Waals surface area contributed by atoms with Crippen molar-refractivity contribution in [2.24, 2.45) is 0 Å². The highest BCUT2D eigenvalue weighted by Crippen LogP contribution is 2.21. The summed E-state index contributed by atoms with van der Waals surface area (Å²) in [7, 11) is 0. The molecule has 3 aromatic rings. The van der Waals surface area contributed by atoms with Crippen molar-refractivity contribution in [1.29, 1.82) is 0 Å². The van der Waals surface area contributed by atoms with Crippen LogP contribution in [0.4, 0.5) is 0 Å². The summed E-state index contributed by atoms with van der Waals surface area (Å²) in [6, 6.07) is 13.4. The summed E-state index contributed by atoms with van der Waals surface area (Å²) in [5.41, 5.74) is 2.79. The van der Waals surface area contributed by atoms with Crippen LogP contribution in [0.3, 0.4) is 0 Å². The Kier molecular flexibility index (Phi) is 4.50. The molecule has 0 unspecified atom stereocenters. The van der Waals surface area contributed by atoms with Crippen molar-refractivity contribution in [3.05, 3.63) is 69.3 Å². The van der Waals surface area contributed by atoms with Gasteiger partial charge in [0.15, 0.2) is 0 Å². The summed E-state index contributed by atoms with van der Waals surface area (Å²) in [5, 5.41) is 4.55. The number of hydrogen-bond donors (Lipinski definition) is 2. The number of fused-ring (bicyclic) bond motifs is 1. The summed E-state index contributed by atoms with van der Waals surface area (Å²) in [6.45, 7) is 0.563. The monoisotopic (exact) mass is 376 g/mol. The van der Waals surface area contributed by atoms with Crippen LogP contribution < -0.4 is 5.32 Å². The molecule has 0 saturated heterocycles. The van der Waals surface area contributed by atoms with Crippen LogP contribution in [0.15, 0.2) is 53.1 Å². The van der Waals surface area contributed by atoms with Gasteiger partial charge in [0.2, 0.25) is 0 Å². The molecule has 5 heteroatoms. The number of rotatable bonds is 4. The van der Waals surface area contributed by atoms with Crippen LogP contribution in [-0.4, -0.2) is 17.4 Å². The van der Waals surface area contributed by atoms with E-state index in [1.54, 1.807) is 18.2 Å². The minimum atomic E-state index is -0.155. The summed E-state index contributed by atoms with van der Waals surface area (Å²) in [6.07, 6.45) is 2.76. The Bertz CT molecular complexity index is 828. The first kappa shape index (κ1) is 15.1. The molecule has 2 aromatic carbocycles. The predicted octanol–water partition coefficient (Wildman–Crippen LogP) is 4.56. The first-order chi connectivity index (χ1) is 10.6. The molecule has 0 spiro atoms. The van der Waals surface area contributed by atoms with Crippen molar-refractivity contribution >= 4 is 44.3 Å². The van der Waals surface area contributed by atoms with Crippen LogP contribution in [0, 0.1) is 0 Å². The van der Waals surface area contributed by atoms with Crippen LogP contribution in [0.25, 0.3) is 10.9 Å². The second kappa shape index (κ2) is 6.55. The van der Waals surface area contributed by atoms with Gasteiger partial charge in [-0.3, -0.25) is 4.79 Å². The Hall–Kier alpha value is -1.78. The molecule has 0 atom stereocenters. The molecule has 22 heavy (non-hydrogen) atoms. The third-order valence-corrected chi connectivity index (χ3v) is 4.34. The molecule has 0 fully saturated rings. The van der Waals surface area contributed by atoms with Crippen molar-refractivity contribution in [2.75, 3.05) is 6.54 Å². The van der Waals surface area contributed by atoms with Gasteiger partial charge >= 0.3 is 0 Å². The van der Waals surface area contributed by atoms with E-state index >= 15 is 0 Å². The Balaban J connectivity index is 1.64. The van der Waals surface area contributed by atoms with Crippen LogP contribution in [0.2, 0.25) is 5.02 Å². The number of aromatic nitrogens is 1. The van der Waals surface area contributed by atoms with E-state index in [9.17, 15) is 4.79 Å². The van der Waals surface area contributed by atoms with Crippen LogP contribution >= 0.6 is 27.5 Å². The van der Waals surface area contributed by atoms with Crippen molar-refractivity contribution in [2.45, 2.75) is 6.42 Å². The topological polar surface area (TPSA) is 44.9 Å². The van der Waals surface area contributed by atoms with E-state index in [2.05, 4.69) is 32.3 Å². The molecule has 0 aliphatic heterocycles. The smallest absolute Gasteiger partial charge is 0.252 e. The molecular weight excluding hydrogens is 364 g/mol. The molecule has 0 saturated carbocycles. The summed E-state index contributed by atoms with van der Waals surface area (Å²) < 4.78 is 0.854. The van der Waals surface area contributed by atoms with Gasteiger partial charge in [0.05, 0.1) is 10.6 Å². The zero-order valence-electron chi connectivity index (χ0n) is 11.7. The number of hydrogen-bond acceptors (Lipinski definition) is 1. The maximum absolute atomic E-state index is 12.2. The third-order valence-electron chi connectivity index (χ3n) is 3.53. The van der Waals surface area contributed by atoms with Gasteiger partial charge in [-0.2, -0.15) is 0 Å². The fraction of sp³-hybridized carbons (Fsp3) is 0.118. The van der Waals surface area contributed by atoms with Crippen LogP contribution in [-0.2, 0) is 6.42 Å². The summed E-state index contributed by atoms with van der Waals surface area (Å²) >= 11 is 9.41. The highest BCUT2D eigenvalue weighted by Gasteiger charge is 2.10. The lowest BCUT2D eigenvalue weighted by atomic mass is 10.1. The quantitative estimate of drug-likeness (QED) is 0.688. The van der Waals surface area contributed by atoms with Gasteiger partial charge in [0, 0.05) is 28.1 Å². The van der Waals surface area contributed by atoms with Crippen molar-refractivity contribution in [3.63, 3.8) is 0 Å². The molecule has 1 heterocycles. The first-order valence-electron chi connectivity index (χ1n) is 6.93. The number of halogens is 2. The molecule has 0 bridgehead atoms. The molecule has 1 aromatic heterocycles. The van der Waals surface area contributed by atoms with Gasteiger partial charge in [0.25, 0.3) is 5.91 Å². The second-order valence-corrected chi connectivity index (χ2v) is 6.31. The van der Waals surface area contributed by atoms with Crippen molar-refractivity contribution in [1.82, 2.24) is 10.3 Å². The normalized spacial score (nSPS) is 10.8. The lowest BCUT2D eigenvalue weighted by Crippen LogP contribution is -2.25. The number of para-hydroxylation sites is 1. The molecule has 0 aliphatic rings. The third kappa shape index (κ3) is 3.18. The predicted molar refractivity (Wildman–Crippen MR) is 93.5 cm³/mol. The van der Waals surface area contributed by atoms with Crippen molar-refractivity contribution in [3.8, 4) is 0 Å². The van der Waals surface area contributed by atoms with E-state index in [-0.39, 0.29) is 5.91 Å². The number of carbonyl (C=O) groups is 1. The lowest BCUT2D eigenvalue weighted by molar-refractivity contribution is 0.0954. The fourth-order valence-electron chi connectivity index (χ4n) is 2.42. The summed E-state index contributed by atoms with van der Waals surface area (Å²) in [5.74, 6) is -0.155. The standard InChI is InChI=1S/C17H14BrClN2O/c18-12-5-6-14(15(19)9-12)17(22)20-8-7-11-10-21-16-4-2-1-3-13(11)16/h1-6,9-10,21H,7-8H2,(H,20,22). The van der Waals surface area contributed by atoms with E-state index in [1.807, 2.05) is 24.4 Å². The van der Waals surface area contributed by atoms with Crippen LogP contribution in [0.1, 0.15) is 15.9 Å². The van der Waals surface area contributed by atoms with E-state index in [0.29, 0.717) is 17.1 Å². The van der Waals surface area contributed by atoms with E-state index < -0.39 is 0 Å². The maximum Gasteiger partial charge on any atom is 0.252 e. The molecule has 112 valence electrons. The Morgan fingerprint density at radius 3 is 2.86 bits per heavy atom. The van der Waals surface area contributed by atoms with E-state index in [4.69, 9.17) is 11.6 Å². The molecule has 3 nitrogen and oxygen atoms in total.